The van der Waals surface area contributed by atoms with Gasteiger partial charge >= 0.3 is 0 Å². The fourth-order valence-corrected chi connectivity index (χ4v) is 1.59. The van der Waals surface area contributed by atoms with Gasteiger partial charge in [0.1, 0.15) is 11.8 Å². The van der Waals surface area contributed by atoms with Crippen molar-refractivity contribution in [2.45, 2.75) is 19.4 Å². The number of benzene rings is 1. The summed E-state index contributed by atoms with van der Waals surface area (Å²) >= 11 is 5.91. The zero-order valence-corrected chi connectivity index (χ0v) is 13.1. The molecule has 0 aromatic heterocycles. The molecule has 0 saturated carbocycles. The molecule has 0 saturated heterocycles. The van der Waals surface area contributed by atoms with Crippen molar-refractivity contribution in [2.75, 3.05) is 25.6 Å². The molecular formula is C13H20Cl2N2O3. The number of hydrogen-bond acceptors (Lipinski definition) is 4. The normalized spacial score (nSPS) is 11.4. The molecule has 1 unspecified atom stereocenters. The maximum Gasteiger partial charge on any atom is 0.243 e. The summed E-state index contributed by atoms with van der Waals surface area (Å²) in [4.78, 5) is 11.8. The minimum Gasteiger partial charge on any atom is -0.491 e. The second-order valence-corrected chi connectivity index (χ2v) is 4.48. The largest absolute Gasteiger partial charge is 0.491 e. The van der Waals surface area contributed by atoms with Crippen LogP contribution < -0.4 is 15.8 Å². The summed E-state index contributed by atoms with van der Waals surface area (Å²) in [6.45, 7) is 2.72. The fraction of sp³-hybridized carbons (Fsp3) is 0.462. The number of rotatable bonds is 7. The van der Waals surface area contributed by atoms with E-state index in [9.17, 15) is 4.79 Å². The minimum absolute atomic E-state index is 0. The van der Waals surface area contributed by atoms with E-state index in [2.05, 4.69) is 5.32 Å². The van der Waals surface area contributed by atoms with E-state index in [4.69, 9.17) is 26.8 Å². The van der Waals surface area contributed by atoms with Crippen LogP contribution in [0, 0.1) is 0 Å². The molecule has 1 aromatic rings. The smallest absolute Gasteiger partial charge is 0.243 e. The van der Waals surface area contributed by atoms with Gasteiger partial charge in [-0.25, -0.2) is 0 Å². The van der Waals surface area contributed by atoms with Gasteiger partial charge in [0.25, 0.3) is 0 Å². The Morgan fingerprint density at radius 3 is 2.80 bits per heavy atom. The van der Waals surface area contributed by atoms with Gasteiger partial charge in [0.15, 0.2) is 0 Å². The van der Waals surface area contributed by atoms with Gasteiger partial charge in [-0.05, 0) is 24.6 Å². The summed E-state index contributed by atoms with van der Waals surface area (Å²) < 4.78 is 10.4. The van der Waals surface area contributed by atoms with Crippen LogP contribution in [0.1, 0.15) is 13.3 Å². The molecule has 0 aliphatic carbocycles. The van der Waals surface area contributed by atoms with E-state index in [0.717, 1.165) is 6.42 Å². The Hall–Kier alpha value is -1.01. The Labute approximate surface area is 130 Å². The maximum atomic E-state index is 11.8. The quantitative estimate of drug-likeness (QED) is 0.808. The highest BCUT2D eigenvalue weighted by Gasteiger charge is 2.15. The number of nitrogens with one attached hydrogen (secondary N) is 1. The highest BCUT2D eigenvalue weighted by atomic mass is 35.5. The molecule has 0 aliphatic rings. The molecule has 1 atom stereocenters. The van der Waals surface area contributed by atoms with Gasteiger partial charge in [-0.1, -0.05) is 18.5 Å². The second kappa shape index (κ2) is 9.83. The Morgan fingerprint density at radius 1 is 1.50 bits per heavy atom. The van der Waals surface area contributed by atoms with Crippen molar-refractivity contribution in [3.8, 4) is 5.75 Å². The molecule has 0 spiro atoms. The predicted octanol–water partition coefficient (Wildman–Crippen LogP) is 2.46. The lowest BCUT2D eigenvalue weighted by Gasteiger charge is -2.15. The SMILES string of the molecule is CCCOc1ccc(Cl)cc1NC(=O)C(N)COC.Cl. The summed E-state index contributed by atoms with van der Waals surface area (Å²) in [5.41, 5.74) is 6.16. The first kappa shape index (κ1) is 19.0. The van der Waals surface area contributed by atoms with E-state index < -0.39 is 6.04 Å². The van der Waals surface area contributed by atoms with Gasteiger partial charge in [0, 0.05) is 12.1 Å². The summed E-state index contributed by atoms with van der Waals surface area (Å²) in [6, 6.07) is 4.32. The van der Waals surface area contributed by atoms with E-state index in [1.54, 1.807) is 18.2 Å². The number of nitrogens with two attached hydrogens (primary N) is 1. The van der Waals surface area contributed by atoms with Crippen molar-refractivity contribution < 1.29 is 14.3 Å². The standard InChI is InChI=1S/C13H19ClN2O3.ClH/c1-3-6-19-12-5-4-9(14)7-11(12)16-13(17)10(15)8-18-2;/h4-5,7,10H,3,6,8,15H2,1-2H3,(H,16,17);1H. The van der Waals surface area contributed by atoms with E-state index >= 15 is 0 Å². The van der Waals surface area contributed by atoms with E-state index in [1.165, 1.54) is 7.11 Å². The van der Waals surface area contributed by atoms with Crippen LogP contribution in [-0.4, -0.2) is 32.3 Å². The number of anilines is 1. The molecule has 0 radical (unpaired) electrons. The minimum atomic E-state index is -0.733. The second-order valence-electron chi connectivity index (χ2n) is 4.04. The first-order valence-corrected chi connectivity index (χ1v) is 6.44. The third kappa shape index (κ3) is 5.96. The number of methoxy groups -OCH3 is 1. The summed E-state index contributed by atoms with van der Waals surface area (Å²) in [5.74, 6) is 0.231. The van der Waals surface area contributed by atoms with Crippen molar-refractivity contribution in [1.82, 2.24) is 0 Å². The lowest BCUT2D eigenvalue weighted by molar-refractivity contribution is -0.118. The molecule has 20 heavy (non-hydrogen) atoms. The molecule has 114 valence electrons. The number of hydrogen-bond donors (Lipinski definition) is 2. The third-order valence-corrected chi connectivity index (χ3v) is 2.58. The summed E-state index contributed by atoms with van der Waals surface area (Å²) in [5, 5.41) is 3.20. The molecule has 1 amide bonds. The van der Waals surface area contributed by atoms with Crippen molar-refractivity contribution in [2.24, 2.45) is 5.73 Å². The molecule has 0 aliphatic heterocycles. The van der Waals surface area contributed by atoms with Crippen LogP contribution in [0.3, 0.4) is 0 Å². The lowest BCUT2D eigenvalue weighted by Crippen LogP contribution is -2.39. The third-order valence-electron chi connectivity index (χ3n) is 2.34. The molecule has 1 aromatic carbocycles. The highest BCUT2D eigenvalue weighted by Crippen LogP contribution is 2.28. The van der Waals surface area contributed by atoms with Crippen LogP contribution in [0.4, 0.5) is 5.69 Å². The molecule has 0 bridgehead atoms. The fourth-order valence-electron chi connectivity index (χ4n) is 1.42. The Morgan fingerprint density at radius 2 is 2.20 bits per heavy atom. The molecular weight excluding hydrogens is 303 g/mol. The van der Waals surface area contributed by atoms with Crippen LogP contribution >= 0.6 is 24.0 Å². The number of halogens is 2. The molecule has 0 fully saturated rings. The van der Waals surface area contributed by atoms with Crippen molar-refractivity contribution in [3.05, 3.63) is 23.2 Å². The summed E-state index contributed by atoms with van der Waals surface area (Å²) in [7, 11) is 1.49. The Balaban J connectivity index is 0.00000361. The average Bonchev–Trinajstić information content (AvgIpc) is 2.38. The Kier molecular flexibility index (Phi) is 9.33. The number of ether oxygens (including phenoxy) is 2. The zero-order valence-electron chi connectivity index (χ0n) is 11.5. The van der Waals surface area contributed by atoms with Crippen LogP contribution in [0.15, 0.2) is 18.2 Å². The van der Waals surface area contributed by atoms with Crippen molar-refractivity contribution in [3.63, 3.8) is 0 Å². The van der Waals surface area contributed by atoms with Gasteiger partial charge in [-0.2, -0.15) is 0 Å². The van der Waals surface area contributed by atoms with Crippen LogP contribution in [0.25, 0.3) is 0 Å². The molecule has 5 nitrogen and oxygen atoms in total. The van der Waals surface area contributed by atoms with Crippen molar-refractivity contribution in [1.29, 1.82) is 0 Å². The molecule has 7 heteroatoms. The van der Waals surface area contributed by atoms with E-state index in [0.29, 0.717) is 23.1 Å². The number of carbonyl (C=O) groups is 1. The highest BCUT2D eigenvalue weighted by molar-refractivity contribution is 6.31. The maximum absolute atomic E-state index is 11.8. The Bertz CT molecular complexity index is 430. The first-order valence-electron chi connectivity index (χ1n) is 6.06. The number of carbonyl (C=O) groups excluding carboxylic acids is 1. The van der Waals surface area contributed by atoms with Crippen molar-refractivity contribution >= 4 is 35.6 Å². The van der Waals surface area contributed by atoms with Crippen LogP contribution in [0.5, 0.6) is 5.75 Å². The van der Waals surface area contributed by atoms with Gasteiger partial charge in [0.05, 0.1) is 18.9 Å². The van der Waals surface area contributed by atoms with Gasteiger partial charge < -0.3 is 20.5 Å². The predicted molar refractivity (Wildman–Crippen MR) is 83.0 cm³/mol. The number of amides is 1. The first-order chi connectivity index (χ1) is 9.08. The van der Waals surface area contributed by atoms with Gasteiger partial charge in [-0.15, -0.1) is 12.4 Å². The zero-order chi connectivity index (χ0) is 14.3. The monoisotopic (exact) mass is 322 g/mol. The van der Waals surface area contributed by atoms with Gasteiger partial charge in [-0.3, -0.25) is 4.79 Å². The van der Waals surface area contributed by atoms with Gasteiger partial charge in [0.2, 0.25) is 5.91 Å². The average molecular weight is 323 g/mol. The molecule has 3 N–H and O–H groups in total. The molecule has 1 rings (SSSR count). The molecule has 0 heterocycles. The van der Waals surface area contributed by atoms with E-state index in [1.807, 2.05) is 6.92 Å². The summed E-state index contributed by atoms with van der Waals surface area (Å²) in [6.07, 6.45) is 0.874. The van der Waals surface area contributed by atoms with Crippen LogP contribution in [0.2, 0.25) is 5.02 Å². The van der Waals surface area contributed by atoms with E-state index in [-0.39, 0.29) is 24.9 Å². The van der Waals surface area contributed by atoms with Crippen LogP contribution in [-0.2, 0) is 9.53 Å². The lowest BCUT2D eigenvalue weighted by atomic mass is 10.2. The topological polar surface area (TPSA) is 73.6 Å².